The van der Waals surface area contributed by atoms with Gasteiger partial charge in [-0.2, -0.15) is 0 Å². The van der Waals surface area contributed by atoms with Gasteiger partial charge in [0.25, 0.3) is 0 Å². The summed E-state index contributed by atoms with van der Waals surface area (Å²) in [5.74, 6) is 0. The Morgan fingerprint density at radius 3 is 1.69 bits per heavy atom. The second-order valence-electron chi connectivity index (χ2n) is 12.8. The van der Waals surface area contributed by atoms with Gasteiger partial charge in [0.05, 0.1) is 11.0 Å². The van der Waals surface area contributed by atoms with E-state index in [2.05, 4.69) is 193 Å². The van der Waals surface area contributed by atoms with Crippen LogP contribution in [0.4, 0.5) is 0 Å². The van der Waals surface area contributed by atoms with E-state index >= 15 is 0 Å². The highest BCUT2D eigenvalue weighted by Crippen LogP contribution is 2.52. The lowest BCUT2D eigenvalue weighted by Gasteiger charge is -2.23. The molecule has 0 fully saturated rings. The Morgan fingerprint density at radius 2 is 0.902 bits per heavy atom. The third-order valence-corrected chi connectivity index (χ3v) is 12.2. The zero-order valence-electron chi connectivity index (χ0n) is 27.7. The lowest BCUT2D eigenvalue weighted by molar-refractivity contribution is 1.18. The highest BCUT2D eigenvalue weighted by atomic mass is 32.2. The van der Waals surface area contributed by atoms with E-state index in [-0.39, 0.29) is 0 Å². The van der Waals surface area contributed by atoms with E-state index in [1.807, 2.05) is 23.5 Å². The molecule has 8 aromatic carbocycles. The molecule has 3 heteroatoms. The van der Waals surface area contributed by atoms with Crippen molar-refractivity contribution in [2.75, 3.05) is 0 Å². The molecule has 0 amide bonds. The van der Waals surface area contributed by atoms with Gasteiger partial charge >= 0.3 is 0 Å². The first-order valence-electron chi connectivity index (χ1n) is 17.3. The quantitative estimate of drug-likeness (QED) is 0.182. The van der Waals surface area contributed by atoms with E-state index in [1.54, 1.807) is 0 Å². The molecule has 240 valence electrons. The van der Waals surface area contributed by atoms with E-state index in [9.17, 15) is 0 Å². The van der Waals surface area contributed by atoms with Crippen LogP contribution < -0.4 is 0 Å². The predicted molar refractivity (Wildman–Crippen MR) is 217 cm³/mol. The molecular weight excluding hydrogens is 655 g/mol. The normalized spacial score (nSPS) is 12.2. The predicted octanol–water partition coefficient (Wildman–Crippen LogP) is 14.1. The van der Waals surface area contributed by atoms with Crippen LogP contribution in [0.15, 0.2) is 208 Å². The zero-order chi connectivity index (χ0) is 33.7. The number of rotatable bonds is 3. The summed E-state index contributed by atoms with van der Waals surface area (Å²) in [7, 11) is 0. The maximum Gasteiger partial charge on any atom is 0.0619 e. The van der Waals surface area contributed by atoms with Gasteiger partial charge in [0.2, 0.25) is 0 Å². The van der Waals surface area contributed by atoms with E-state index in [1.165, 1.54) is 85.9 Å². The Kier molecular flexibility index (Phi) is 7.41. The van der Waals surface area contributed by atoms with Gasteiger partial charge in [0.15, 0.2) is 0 Å². The minimum absolute atomic E-state index is 1.16. The number of fused-ring (bicyclic) bond motifs is 9. The van der Waals surface area contributed by atoms with Gasteiger partial charge in [-0.05, 0) is 75.8 Å². The molecule has 1 aromatic heterocycles. The molecule has 0 N–H and O–H groups in total. The summed E-state index contributed by atoms with van der Waals surface area (Å²) in [4.78, 5) is 5.01. The highest BCUT2D eigenvalue weighted by Gasteiger charge is 2.23. The van der Waals surface area contributed by atoms with Crippen LogP contribution in [0.25, 0.3) is 72.0 Å². The first kappa shape index (κ1) is 30.1. The summed E-state index contributed by atoms with van der Waals surface area (Å²) in [5.41, 5.74) is 13.5. The lowest BCUT2D eigenvalue weighted by atomic mass is 9.92. The van der Waals surface area contributed by atoms with Gasteiger partial charge in [0, 0.05) is 47.2 Å². The van der Waals surface area contributed by atoms with Crippen molar-refractivity contribution < 1.29 is 0 Å². The second kappa shape index (κ2) is 12.5. The van der Waals surface area contributed by atoms with Gasteiger partial charge in [0.1, 0.15) is 0 Å². The van der Waals surface area contributed by atoms with Gasteiger partial charge < -0.3 is 4.57 Å². The minimum atomic E-state index is 1.16. The number of hydrogen-bond donors (Lipinski definition) is 0. The second-order valence-corrected chi connectivity index (χ2v) is 15.0. The van der Waals surface area contributed by atoms with Crippen molar-refractivity contribution in [3.8, 4) is 50.2 Å². The number of para-hydroxylation sites is 3. The highest BCUT2D eigenvalue weighted by molar-refractivity contribution is 8.00. The zero-order valence-corrected chi connectivity index (χ0v) is 29.3. The average Bonchev–Trinajstić information content (AvgIpc) is 3.54. The Balaban J connectivity index is 1.27. The van der Waals surface area contributed by atoms with Crippen molar-refractivity contribution >= 4 is 45.3 Å². The molecule has 1 nitrogen and oxygen atoms in total. The van der Waals surface area contributed by atoms with Crippen LogP contribution in [0.3, 0.4) is 0 Å². The van der Waals surface area contributed by atoms with Crippen molar-refractivity contribution in [3.63, 3.8) is 0 Å². The number of benzene rings is 8. The average molecular weight is 686 g/mol. The fourth-order valence-corrected chi connectivity index (χ4v) is 9.90. The third-order valence-electron chi connectivity index (χ3n) is 9.89. The SMILES string of the molecule is c1ccc(-c2cccc3c2-c2ccc(-c4cccc5c6ccccc6n(-c6ccccc6)c45)cc2Sc2ccccc2-c2ccccc2S3)cc1. The molecule has 0 radical (unpaired) electrons. The van der Waals surface area contributed by atoms with Crippen LogP contribution in [-0.2, 0) is 0 Å². The van der Waals surface area contributed by atoms with Crippen molar-refractivity contribution in [1.82, 2.24) is 4.57 Å². The summed E-state index contributed by atoms with van der Waals surface area (Å²) in [6.45, 7) is 0. The van der Waals surface area contributed by atoms with Crippen molar-refractivity contribution in [1.29, 1.82) is 0 Å². The molecular formula is C48H31NS2. The summed E-state index contributed by atoms with van der Waals surface area (Å²) in [6.07, 6.45) is 0. The summed E-state index contributed by atoms with van der Waals surface area (Å²) in [5, 5.41) is 2.52. The Morgan fingerprint density at radius 1 is 0.333 bits per heavy atom. The van der Waals surface area contributed by atoms with Gasteiger partial charge in [-0.15, -0.1) is 0 Å². The molecule has 0 saturated carbocycles. The van der Waals surface area contributed by atoms with E-state index < -0.39 is 0 Å². The number of nitrogens with zero attached hydrogens (tertiary/aromatic N) is 1. The van der Waals surface area contributed by atoms with Crippen LogP contribution in [0.1, 0.15) is 0 Å². The minimum Gasteiger partial charge on any atom is -0.309 e. The van der Waals surface area contributed by atoms with Crippen molar-refractivity contribution in [2.45, 2.75) is 19.6 Å². The Hall–Kier alpha value is -5.74. The van der Waals surface area contributed by atoms with E-state index in [0.29, 0.717) is 0 Å². The van der Waals surface area contributed by atoms with E-state index in [0.717, 1.165) is 5.69 Å². The molecule has 0 atom stereocenters. The van der Waals surface area contributed by atoms with E-state index in [4.69, 9.17) is 0 Å². The monoisotopic (exact) mass is 685 g/mol. The van der Waals surface area contributed by atoms with Crippen LogP contribution in [0, 0.1) is 0 Å². The van der Waals surface area contributed by atoms with Crippen LogP contribution in [0.5, 0.6) is 0 Å². The molecule has 0 spiro atoms. The molecule has 0 saturated heterocycles. The molecule has 0 unspecified atom stereocenters. The summed E-state index contributed by atoms with van der Waals surface area (Å²) >= 11 is 3.74. The number of hydrogen-bond acceptors (Lipinski definition) is 2. The smallest absolute Gasteiger partial charge is 0.0619 e. The third kappa shape index (κ3) is 5.12. The van der Waals surface area contributed by atoms with Gasteiger partial charge in [-0.1, -0.05) is 169 Å². The van der Waals surface area contributed by atoms with Gasteiger partial charge in [-0.25, -0.2) is 0 Å². The standard InChI is InChI=1S/C48H31NS2/c1-3-15-32(16-4-1)35-22-14-28-45-47(35)41-30-29-33(31-46(41)51-44-27-12-9-21-39(44)38-20-8-11-26-43(38)50-45)36-23-13-24-40-37-19-7-10-25-42(37)49(48(36)40)34-17-5-2-6-18-34/h1-31H. The van der Waals surface area contributed by atoms with Crippen LogP contribution in [0.2, 0.25) is 0 Å². The summed E-state index contributed by atoms with van der Waals surface area (Å²) in [6, 6.07) is 68.8. The molecule has 9 aromatic rings. The molecule has 1 aliphatic heterocycles. The molecule has 0 bridgehead atoms. The fraction of sp³-hybridized carbons (Fsp3) is 0. The Bertz CT molecular complexity index is 2740. The maximum absolute atomic E-state index is 2.44. The molecule has 10 rings (SSSR count). The Labute approximate surface area is 306 Å². The lowest BCUT2D eigenvalue weighted by Crippen LogP contribution is -1.97. The fourth-order valence-electron chi connectivity index (χ4n) is 7.62. The van der Waals surface area contributed by atoms with Gasteiger partial charge in [-0.3, -0.25) is 0 Å². The largest absolute Gasteiger partial charge is 0.309 e. The van der Waals surface area contributed by atoms with Crippen molar-refractivity contribution in [3.05, 3.63) is 188 Å². The van der Waals surface area contributed by atoms with Crippen LogP contribution in [-0.4, -0.2) is 4.57 Å². The maximum atomic E-state index is 2.44. The van der Waals surface area contributed by atoms with Crippen molar-refractivity contribution in [2.24, 2.45) is 0 Å². The topological polar surface area (TPSA) is 4.93 Å². The first-order chi connectivity index (χ1) is 25.3. The first-order valence-corrected chi connectivity index (χ1v) is 18.9. The molecule has 1 aliphatic rings. The molecule has 51 heavy (non-hydrogen) atoms. The van der Waals surface area contributed by atoms with Crippen LogP contribution >= 0.6 is 23.5 Å². The molecule has 0 aliphatic carbocycles. The summed E-state index contributed by atoms with van der Waals surface area (Å²) < 4.78 is 2.44. The number of aromatic nitrogens is 1. The molecule has 2 heterocycles.